The van der Waals surface area contributed by atoms with Gasteiger partial charge in [-0.25, -0.2) is 0 Å². The summed E-state index contributed by atoms with van der Waals surface area (Å²) in [5, 5.41) is 3.71. The molecular formula is C13H25NO2. The Balaban J connectivity index is 1.68. The molecule has 0 aromatic heterocycles. The number of rotatable bonds is 9. The van der Waals surface area contributed by atoms with Crippen molar-refractivity contribution >= 4 is 0 Å². The lowest BCUT2D eigenvalue weighted by molar-refractivity contribution is 0.145. The van der Waals surface area contributed by atoms with Crippen molar-refractivity contribution in [1.29, 1.82) is 0 Å². The molecule has 0 amide bonds. The van der Waals surface area contributed by atoms with E-state index in [0.717, 1.165) is 25.7 Å². The lowest BCUT2D eigenvalue weighted by Gasteiger charge is -2.22. The maximum Gasteiger partial charge on any atom is 0.0618 e. The highest BCUT2D eigenvalue weighted by atomic mass is 16.5. The number of ether oxygens (including phenoxy) is 2. The molecule has 0 heterocycles. The van der Waals surface area contributed by atoms with Gasteiger partial charge in [-0.3, -0.25) is 0 Å². The van der Waals surface area contributed by atoms with Gasteiger partial charge in [-0.1, -0.05) is 0 Å². The van der Waals surface area contributed by atoms with Gasteiger partial charge < -0.3 is 14.8 Å². The zero-order valence-electron chi connectivity index (χ0n) is 10.6. The van der Waals surface area contributed by atoms with Crippen molar-refractivity contribution in [1.82, 2.24) is 5.32 Å². The van der Waals surface area contributed by atoms with E-state index < -0.39 is 0 Å². The summed E-state index contributed by atoms with van der Waals surface area (Å²) in [4.78, 5) is 0. The highest BCUT2D eigenvalue weighted by Gasteiger charge is 2.43. The lowest BCUT2D eigenvalue weighted by Crippen LogP contribution is -2.39. The van der Waals surface area contributed by atoms with Crippen LogP contribution < -0.4 is 5.32 Å². The summed E-state index contributed by atoms with van der Waals surface area (Å²) >= 11 is 0. The van der Waals surface area contributed by atoms with Gasteiger partial charge >= 0.3 is 0 Å². The van der Waals surface area contributed by atoms with Crippen LogP contribution in [0, 0.1) is 11.3 Å². The minimum Gasteiger partial charge on any atom is -0.385 e. The van der Waals surface area contributed by atoms with Crippen LogP contribution in [0.2, 0.25) is 0 Å². The summed E-state index contributed by atoms with van der Waals surface area (Å²) in [6.07, 6.45) is 6.71. The topological polar surface area (TPSA) is 30.5 Å². The van der Waals surface area contributed by atoms with E-state index in [0.29, 0.717) is 11.5 Å². The van der Waals surface area contributed by atoms with Crippen LogP contribution in [0.1, 0.15) is 32.1 Å². The monoisotopic (exact) mass is 227 g/mol. The van der Waals surface area contributed by atoms with E-state index in [4.69, 9.17) is 9.47 Å². The van der Waals surface area contributed by atoms with Crippen LogP contribution in [0.25, 0.3) is 0 Å². The molecule has 0 aliphatic heterocycles. The van der Waals surface area contributed by atoms with E-state index in [-0.39, 0.29) is 0 Å². The minimum absolute atomic E-state index is 0.552. The Kier molecular flexibility index (Phi) is 4.22. The molecule has 0 aromatic rings. The van der Waals surface area contributed by atoms with E-state index in [2.05, 4.69) is 5.32 Å². The normalized spacial score (nSPS) is 24.4. The number of hydrogen-bond acceptors (Lipinski definition) is 3. The SMILES string of the molecule is COCCC1(CNC(COC)C2CC2)CC1. The van der Waals surface area contributed by atoms with Crippen LogP contribution in [0.15, 0.2) is 0 Å². The largest absolute Gasteiger partial charge is 0.385 e. The molecule has 2 aliphatic carbocycles. The Hall–Kier alpha value is -0.120. The first kappa shape index (κ1) is 12.3. The molecule has 2 fully saturated rings. The van der Waals surface area contributed by atoms with Crippen molar-refractivity contribution in [3.8, 4) is 0 Å². The van der Waals surface area contributed by atoms with Gasteiger partial charge in [0, 0.05) is 33.4 Å². The molecule has 0 saturated heterocycles. The molecule has 0 bridgehead atoms. The summed E-state index contributed by atoms with van der Waals surface area (Å²) in [6.45, 7) is 2.92. The number of hydrogen-bond donors (Lipinski definition) is 1. The zero-order chi connectivity index (χ0) is 11.4. The van der Waals surface area contributed by atoms with Crippen LogP contribution in [-0.2, 0) is 9.47 Å². The third kappa shape index (κ3) is 3.44. The molecule has 1 unspecified atom stereocenters. The van der Waals surface area contributed by atoms with E-state index in [1.165, 1.54) is 32.1 Å². The molecule has 0 spiro atoms. The van der Waals surface area contributed by atoms with Gasteiger partial charge in [0.1, 0.15) is 0 Å². The third-order valence-electron chi connectivity index (χ3n) is 4.07. The summed E-state index contributed by atoms with van der Waals surface area (Å²) in [6, 6.07) is 0.588. The molecule has 3 heteroatoms. The van der Waals surface area contributed by atoms with Crippen LogP contribution in [0.5, 0.6) is 0 Å². The van der Waals surface area contributed by atoms with Crippen LogP contribution >= 0.6 is 0 Å². The predicted octanol–water partition coefficient (Wildman–Crippen LogP) is 1.82. The fraction of sp³-hybridized carbons (Fsp3) is 1.00. The zero-order valence-corrected chi connectivity index (χ0v) is 10.6. The van der Waals surface area contributed by atoms with E-state index >= 15 is 0 Å². The summed E-state index contributed by atoms with van der Waals surface area (Å²) in [5.41, 5.74) is 0.552. The summed E-state index contributed by atoms with van der Waals surface area (Å²) in [7, 11) is 3.59. The van der Waals surface area contributed by atoms with Gasteiger partial charge in [-0.2, -0.15) is 0 Å². The van der Waals surface area contributed by atoms with Gasteiger partial charge in [-0.15, -0.1) is 0 Å². The average molecular weight is 227 g/mol. The van der Waals surface area contributed by atoms with Crippen molar-refractivity contribution in [2.45, 2.75) is 38.1 Å². The van der Waals surface area contributed by atoms with Crippen LogP contribution in [0.4, 0.5) is 0 Å². The fourth-order valence-corrected chi connectivity index (χ4v) is 2.40. The molecule has 2 aliphatic rings. The Morgan fingerprint density at radius 1 is 1.25 bits per heavy atom. The molecule has 94 valence electrons. The fourth-order valence-electron chi connectivity index (χ4n) is 2.40. The summed E-state index contributed by atoms with van der Waals surface area (Å²) < 4.78 is 10.5. The molecule has 3 nitrogen and oxygen atoms in total. The third-order valence-corrected chi connectivity index (χ3v) is 4.07. The Labute approximate surface area is 98.9 Å². The number of nitrogens with one attached hydrogen (secondary N) is 1. The first-order valence-corrected chi connectivity index (χ1v) is 6.51. The smallest absolute Gasteiger partial charge is 0.0618 e. The van der Waals surface area contributed by atoms with Gasteiger partial charge in [-0.05, 0) is 43.4 Å². The van der Waals surface area contributed by atoms with E-state index in [9.17, 15) is 0 Å². The second-order valence-corrected chi connectivity index (χ2v) is 5.52. The highest BCUT2D eigenvalue weighted by Crippen LogP contribution is 2.48. The standard InChI is InChI=1S/C13H25NO2/c1-15-8-7-13(5-6-13)10-14-12(9-16-2)11-3-4-11/h11-12,14H,3-10H2,1-2H3. The Bertz CT molecular complexity index is 212. The molecule has 2 saturated carbocycles. The van der Waals surface area contributed by atoms with Gasteiger partial charge in [0.25, 0.3) is 0 Å². The van der Waals surface area contributed by atoms with Gasteiger partial charge in [0.2, 0.25) is 0 Å². The van der Waals surface area contributed by atoms with Crippen LogP contribution in [0.3, 0.4) is 0 Å². The highest BCUT2D eigenvalue weighted by molar-refractivity contribution is 4.97. The van der Waals surface area contributed by atoms with Crippen molar-refractivity contribution in [3.05, 3.63) is 0 Å². The molecule has 1 N–H and O–H groups in total. The second kappa shape index (κ2) is 5.48. The van der Waals surface area contributed by atoms with E-state index in [1.54, 1.807) is 14.2 Å². The maximum absolute atomic E-state index is 5.28. The minimum atomic E-state index is 0.552. The molecule has 1 atom stereocenters. The van der Waals surface area contributed by atoms with Crippen molar-refractivity contribution in [2.24, 2.45) is 11.3 Å². The molecule has 16 heavy (non-hydrogen) atoms. The quantitative estimate of drug-likeness (QED) is 0.652. The van der Waals surface area contributed by atoms with Crippen molar-refractivity contribution < 1.29 is 9.47 Å². The lowest BCUT2D eigenvalue weighted by atomic mass is 10.0. The first-order chi connectivity index (χ1) is 7.79. The average Bonchev–Trinajstić information content (AvgIpc) is 3.15. The van der Waals surface area contributed by atoms with Gasteiger partial charge in [0.15, 0.2) is 0 Å². The molecule has 2 rings (SSSR count). The first-order valence-electron chi connectivity index (χ1n) is 6.51. The Morgan fingerprint density at radius 3 is 2.50 bits per heavy atom. The Morgan fingerprint density at radius 2 is 2.00 bits per heavy atom. The molecule has 0 radical (unpaired) electrons. The van der Waals surface area contributed by atoms with Gasteiger partial charge in [0.05, 0.1) is 6.61 Å². The second-order valence-electron chi connectivity index (χ2n) is 5.52. The molecular weight excluding hydrogens is 202 g/mol. The van der Waals surface area contributed by atoms with Crippen molar-refractivity contribution in [2.75, 3.05) is 34.0 Å². The number of methoxy groups -OCH3 is 2. The van der Waals surface area contributed by atoms with Crippen molar-refractivity contribution in [3.63, 3.8) is 0 Å². The van der Waals surface area contributed by atoms with E-state index in [1.807, 2.05) is 0 Å². The summed E-state index contributed by atoms with van der Waals surface area (Å²) in [5.74, 6) is 0.873. The van der Waals surface area contributed by atoms with Crippen LogP contribution in [-0.4, -0.2) is 40.0 Å². The predicted molar refractivity (Wildman–Crippen MR) is 64.6 cm³/mol. The molecule has 0 aromatic carbocycles. The maximum atomic E-state index is 5.28.